The molecule has 0 saturated carbocycles. The van der Waals surface area contributed by atoms with Crippen molar-refractivity contribution in [2.75, 3.05) is 5.75 Å². The van der Waals surface area contributed by atoms with Crippen LogP contribution in [0.15, 0.2) is 24.3 Å². The minimum absolute atomic E-state index is 0.212. The lowest BCUT2D eigenvalue weighted by atomic mass is 10.3. The van der Waals surface area contributed by atoms with E-state index in [1.165, 1.54) is 0 Å². The Bertz CT molecular complexity index is 407. The van der Waals surface area contributed by atoms with E-state index in [-0.39, 0.29) is 6.04 Å². The number of fused-ring (bicyclic) bond motifs is 1. The van der Waals surface area contributed by atoms with Crippen LogP contribution < -0.4 is 5.73 Å². The summed E-state index contributed by atoms with van der Waals surface area (Å²) in [5.74, 6) is 0.845. The SMILES string of the molecule is CC[C@@H](N)CSn1nc2ccccc2n1. The Morgan fingerprint density at radius 2 is 1.93 bits per heavy atom. The van der Waals surface area contributed by atoms with Crippen LogP contribution >= 0.6 is 11.9 Å². The minimum atomic E-state index is 0.212. The Labute approximate surface area is 93.0 Å². The number of rotatable bonds is 4. The maximum atomic E-state index is 5.83. The standard InChI is InChI=1S/C10H14N4S/c1-2-8(11)7-15-14-12-9-5-3-4-6-10(9)13-14/h3-6,8H,2,7,11H2,1H3/t8-/m1/s1. The van der Waals surface area contributed by atoms with Crippen LogP contribution in [0.25, 0.3) is 11.0 Å². The van der Waals surface area contributed by atoms with Crippen molar-refractivity contribution in [2.24, 2.45) is 5.73 Å². The van der Waals surface area contributed by atoms with Crippen LogP contribution in [0.1, 0.15) is 13.3 Å². The largest absolute Gasteiger partial charge is 0.327 e. The van der Waals surface area contributed by atoms with Crippen molar-refractivity contribution >= 4 is 23.0 Å². The lowest BCUT2D eigenvalue weighted by Gasteiger charge is -2.05. The first kappa shape index (κ1) is 10.4. The first-order valence-electron chi connectivity index (χ1n) is 5.00. The second-order valence-electron chi connectivity index (χ2n) is 3.41. The zero-order chi connectivity index (χ0) is 10.7. The third-order valence-electron chi connectivity index (χ3n) is 2.20. The smallest absolute Gasteiger partial charge is 0.114 e. The Kier molecular flexibility index (Phi) is 3.23. The third-order valence-corrected chi connectivity index (χ3v) is 3.17. The topological polar surface area (TPSA) is 56.7 Å². The number of nitrogens with zero attached hydrogens (tertiary/aromatic N) is 3. The third kappa shape index (κ3) is 2.49. The summed E-state index contributed by atoms with van der Waals surface area (Å²) in [5, 5.41) is 8.66. The molecule has 1 heterocycles. The average Bonchev–Trinajstić information content (AvgIpc) is 2.68. The quantitative estimate of drug-likeness (QED) is 0.855. The molecule has 80 valence electrons. The molecule has 0 spiro atoms. The normalized spacial score (nSPS) is 13.2. The van der Waals surface area contributed by atoms with Gasteiger partial charge in [-0.3, -0.25) is 0 Å². The molecule has 2 N–H and O–H groups in total. The van der Waals surface area contributed by atoms with Crippen molar-refractivity contribution in [1.82, 2.24) is 14.4 Å². The van der Waals surface area contributed by atoms with E-state index in [9.17, 15) is 0 Å². The molecule has 0 amide bonds. The molecule has 0 aliphatic carbocycles. The van der Waals surface area contributed by atoms with E-state index >= 15 is 0 Å². The number of nitrogens with two attached hydrogens (primary N) is 1. The Balaban J connectivity index is 2.09. The Morgan fingerprint density at radius 1 is 1.33 bits per heavy atom. The van der Waals surface area contributed by atoms with E-state index < -0.39 is 0 Å². The highest BCUT2D eigenvalue weighted by atomic mass is 32.2. The van der Waals surface area contributed by atoms with Gasteiger partial charge in [-0.25, -0.2) is 0 Å². The fraction of sp³-hybridized carbons (Fsp3) is 0.400. The molecule has 15 heavy (non-hydrogen) atoms. The molecule has 1 atom stereocenters. The van der Waals surface area contributed by atoms with E-state index in [1.807, 2.05) is 24.3 Å². The van der Waals surface area contributed by atoms with Gasteiger partial charge in [0.25, 0.3) is 0 Å². The molecule has 5 heteroatoms. The van der Waals surface area contributed by atoms with Crippen molar-refractivity contribution in [3.63, 3.8) is 0 Å². The van der Waals surface area contributed by atoms with Crippen LogP contribution in [0.5, 0.6) is 0 Å². The van der Waals surface area contributed by atoms with Gasteiger partial charge >= 0.3 is 0 Å². The minimum Gasteiger partial charge on any atom is -0.327 e. The molecule has 2 rings (SSSR count). The summed E-state index contributed by atoms with van der Waals surface area (Å²) in [7, 11) is 0. The summed E-state index contributed by atoms with van der Waals surface area (Å²) in [4.78, 5) is 0. The highest BCUT2D eigenvalue weighted by Crippen LogP contribution is 2.12. The molecule has 0 saturated heterocycles. The zero-order valence-electron chi connectivity index (χ0n) is 8.63. The molecule has 2 aromatic rings. The van der Waals surface area contributed by atoms with Crippen molar-refractivity contribution in [3.8, 4) is 0 Å². The van der Waals surface area contributed by atoms with Crippen LogP contribution in [0.3, 0.4) is 0 Å². The molecule has 1 aromatic heterocycles. The van der Waals surface area contributed by atoms with Gasteiger partial charge in [0.1, 0.15) is 11.0 Å². The Morgan fingerprint density at radius 3 is 2.47 bits per heavy atom. The molecular formula is C10H14N4S. The van der Waals surface area contributed by atoms with Gasteiger partial charge < -0.3 is 5.73 Å². The molecule has 0 radical (unpaired) electrons. The van der Waals surface area contributed by atoms with Crippen LogP contribution in [0.4, 0.5) is 0 Å². The summed E-state index contributed by atoms with van der Waals surface area (Å²) in [6.45, 7) is 2.08. The van der Waals surface area contributed by atoms with Crippen molar-refractivity contribution in [1.29, 1.82) is 0 Å². The fourth-order valence-electron chi connectivity index (χ4n) is 1.18. The van der Waals surface area contributed by atoms with Gasteiger partial charge in [0, 0.05) is 11.8 Å². The summed E-state index contributed by atoms with van der Waals surface area (Å²) in [6.07, 6.45) is 0.980. The average molecular weight is 222 g/mol. The van der Waals surface area contributed by atoms with Crippen LogP contribution in [-0.4, -0.2) is 26.2 Å². The lowest BCUT2D eigenvalue weighted by molar-refractivity contribution is 0.719. The number of benzene rings is 1. The summed E-state index contributed by atoms with van der Waals surface area (Å²) in [5.41, 5.74) is 7.68. The molecular weight excluding hydrogens is 208 g/mol. The fourth-order valence-corrected chi connectivity index (χ4v) is 2.03. The van der Waals surface area contributed by atoms with Crippen LogP contribution in [-0.2, 0) is 0 Å². The van der Waals surface area contributed by atoms with Gasteiger partial charge in [0.05, 0.1) is 0 Å². The number of hydrogen-bond acceptors (Lipinski definition) is 4. The molecule has 0 aliphatic rings. The Hall–Kier alpha value is -1.07. The van der Waals surface area contributed by atoms with Gasteiger partial charge in [-0.05, 0) is 30.5 Å². The van der Waals surface area contributed by atoms with E-state index in [2.05, 4.69) is 17.1 Å². The van der Waals surface area contributed by atoms with Gasteiger partial charge in [-0.2, -0.15) is 0 Å². The molecule has 0 bridgehead atoms. The maximum Gasteiger partial charge on any atom is 0.114 e. The zero-order valence-corrected chi connectivity index (χ0v) is 9.44. The van der Waals surface area contributed by atoms with Gasteiger partial charge in [-0.15, -0.1) is 14.4 Å². The maximum absolute atomic E-state index is 5.83. The predicted molar refractivity (Wildman–Crippen MR) is 63.7 cm³/mol. The summed E-state index contributed by atoms with van der Waals surface area (Å²) >= 11 is 1.55. The lowest BCUT2D eigenvalue weighted by Crippen LogP contribution is -2.22. The molecule has 0 aliphatic heterocycles. The van der Waals surface area contributed by atoms with E-state index in [4.69, 9.17) is 5.73 Å². The highest BCUT2D eigenvalue weighted by Gasteiger charge is 2.04. The first-order valence-corrected chi connectivity index (χ1v) is 5.95. The van der Waals surface area contributed by atoms with Gasteiger partial charge in [0.15, 0.2) is 0 Å². The van der Waals surface area contributed by atoms with E-state index in [0.29, 0.717) is 0 Å². The van der Waals surface area contributed by atoms with Crippen molar-refractivity contribution < 1.29 is 0 Å². The molecule has 4 nitrogen and oxygen atoms in total. The predicted octanol–water partition coefficient (Wildman–Crippen LogP) is 1.66. The van der Waals surface area contributed by atoms with E-state index in [0.717, 1.165) is 23.2 Å². The molecule has 0 unspecified atom stereocenters. The van der Waals surface area contributed by atoms with Crippen LogP contribution in [0, 0.1) is 0 Å². The summed E-state index contributed by atoms with van der Waals surface area (Å²) < 4.78 is 1.65. The van der Waals surface area contributed by atoms with E-state index in [1.54, 1.807) is 16.1 Å². The highest BCUT2D eigenvalue weighted by molar-refractivity contribution is 7.97. The summed E-state index contributed by atoms with van der Waals surface area (Å²) in [6, 6.07) is 8.05. The van der Waals surface area contributed by atoms with Crippen LogP contribution in [0.2, 0.25) is 0 Å². The van der Waals surface area contributed by atoms with Crippen molar-refractivity contribution in [3.05, 3.63) is 24.3 Å². The number of aromatic nitrogens is 3. The number of hydrogen-bond donors (Lipinski definition) is 1. The molecule has 1 aromatic carbocycles. The van der Waals surface area contributed by atoms with Gasteiger partial charge in [-0.1, -0.05) is 19.1 Å². The second-order valence-corrected chi connectivity index (χ2v) is 4.32. The first-order chi connectivity index (χ1) is 7.29. The second kappa shape index (κ2) is 4.63. The molecule has 0 fully saturated rings. The van der Waals surface area contributed by atoms with Gasteiger partial charge in [0.2, 0.25) is 0 Å². The monoisotopic (exact) mass is 222 g/mol. The van der Waals surface area contributed by atoms with Crippen molar-refractivity contribution in [2.45, 2.75) is 19.4 Å².